The van der Waals surface area contributed by atoms with Crippen LogP contribution in [0.4, 0.5) is 0 Å². The highest BCUT2D eigenvalue weighted by Gasteiger charge is 2.05. The van der Waals surface area contributed by atoms with E-state index in [9.17, 15) is 5.11 Å². The second-order valence-corrected chi connectivity index (χ2v) is 4.20. The summed E-state index contributed by atoms with van der Waals surface area (Å²) in [7, 11) is 2.06. The van der Waals surface area contributed by atoms with Crippen LogP contribution in [-0.4, -0.2) is 23.1 Å². The molecule has 0 radical (unpaired) electrons. The van der Waals surface area contributed by atoms with Crippen LogP contribution in [0, 0.1) is 0 Å². The van der Waals surface area contributed by atoms with Crippen molar-refractivity contribution in [1.29, 1.82) is 0 Å². The summed E-state index contributed by atoms with van der Waals surface area (Å²) in [6.45, 7) is 5.13. The molecule has 2 nitrogen and oxygen atoms in total. The number of halogens is 1. The molecule has 0 fully saturated rings. The molecule has 78 valence electrons. The lowest BCUT2D eigenvalue weighted by Crippen LogP contribution is -2.25. The summed E-state index contributed by atoms with van der Waals surface area (Å²) in [5.74, 6) is 0.141. The van der Waals surface area contributed by atoms with E-state index in [-0.39, 0.29) is 5.75 Å². The SMILES string of the molecule is CC(C)N(C)Cc1ccc(O)c(Cl)c1. The van der Waals surface area contributed by atoms with Gasteiger partial charge in [0, 0.05) is 12.6 Å². The van der Waals surface area contributed by atoms with E-state index in [0.29, 0.717) is 11.1 Å². The van der Waals surface area contributed by atoms with E-state index in [2.05, 4.69) is 25.8 Å². The van der Waals surface area contributed by atoms with Gasteiger partial charge in [-0.1, -0.05) is 17.7 Å². The first-order valence-corrected chi connectivity index (χ1v) is 5.06. The van der Waals surface area contributed by atoms with Crippen molar-refractivity contribution in [3.05, 3.63) is 28.8 Å². The largest absolute Gasteiger partial charge is 0.506 e. The van der Waals surface area contributed by atoms with Gasteiger partial charge >= 0.3 is 0 Å². The van der Waals surface area contributed by atoms with Crippen LogP contribution in [0.15, 0.2) is 18.2 Å². The van der Waals surface area contributed by atoms with Crippen LogP contribution in [0.5, 0.6) is 5.75 Å². The molecule has 0 aliphatic rings. The zero-order chi connectivity index (χ0) is 10.7. The third-order valence-corrected chi connectivity index (χ3v) is 2.63. The Balaban J connectivity index is 2.73. The van der Waals surface area contributed by atoms with Gasteiger partial charge in [0.15, 0.2) is 0 Å². The average Bonchev–Trinajstić information content (AvgIpc) is 2.11. The molecule has 0 aliphatic heterocycles. The number of phenols is 1. The van der Waals surface area contributed by atoms with Gasteiger partial charge in [0.1, 0.15) is 5.75 Å². The molecule has 0 heterocycles. The quantitative estimate of drug-likeness (QED) is 0.835. The minimum Gasteiger partial charge on any atom is -0.506 e. The molecule has 0 unspecified atom stereocenters. The number of hydrogen-bond donors (Lipinski definition) is 1. The molecule has 1 rings (SSSR count). The van der Waals surface area contributed by atoms with Crippen LogP contribution >= 0.6 is 11.6 Å². The zero-order valence-electron chi connectivity index (χ0n) is 8.79. The standard InChI is InChI=1S/C11H16ClNO/c1-8(2)13(3)7-9-4-5-11(14)10(12)6-9/h4-6,8,14H,7H2,1-3H3. The van der Waals surface area contributed by atoms with Gasteiger partial charge in [-0.2, -0.15) is 0 Å². The zero-order valence-corrected chi connectivity index (χ0v) is 9.54. The highest BCUT2D eigenvalue weighted by Crippen LogP contribution is 2.24. The molecule has 1 aromatic rings. The molecule has 0 saturated carbocycles. The summed E-state index contributed by atoms with van der Waals surface area (Å²) in [5, 5.41) is 9.66. The minimum atomic E-state index is 0.141. The summed E-state index contributed by atoms with van der Waals surface area (Å²) in [6.07, 6.45) is 0. The third kappa shape index (κ3) is 2.89. The van der Waals surface area contributed by atoms with E-state index >= 15 is 0 Å². The van der Waals surface area contributed by atoms with E-state index < -0.39 is 0 Å². The van der Waals surface area contributed by atoms with Crippen molar-refractivity contribution in [3.63, 3.8) is 0 Å². The van der Waals surface area contributed by atoms with Crippen LogP contribution < -0.4 is 0 Å². The van der Waals surface area contributed by atoms with Gasteiger partial charge in [-0.25, -0.2) is 0 Å². The van der Waals surface area contributed by atoms with Gasteiger partial charge in [0.05, 0.1) is 5.02 Å². The van der Waals surface area contributed by atoms with Crippen molar-refractivity contribution in [2.45, 2.75) is 26.4 Å². The Hall–Kier alpha value is -0.730. The molecule has 0 bridgehead atoms. The third-order valence-electron chi connectivity index (χ3n) is 2.33. The summed E-state index contributed by atoms with van der Waals surface area (Å²) >= 11 is 5.81. The lowest BCUT2D eigenvalue weighted by molar-refractivity contribution is 0.266. The topological polar surface area (TPSA) is 23.5 Å². The smallest absolute Gasteiger partial charge is 0.134 e. The maximum atomic E-state index is 9.24. The normalized spacial score (nSPS) is 11.3. The van der Waals surface area contributed by atoms with Crippen LogP contribution in [0.25, 0.3) is 0 Å². The highest BCUT2D eigenvalue weighted by atomic mass is 35.5. The van der Waals surface area contributed by atoms with E-state index in [1.165, 1.54) is 0 Å². The van der Waals surface area contributed by atoms with E-state index in [1.54, 1.807) is 12.1 Å². The predicted molar refractivity (Wildman–Crippen MR) is 59.7 cm³/mol. The Morgan fingerprint density at radius 2 is 2.07 bits per heavy atom. The van der Waals surface area contributed by atoms with Crippen LogP contribution in [0.3, 0.4) is 0 Å². The van der Waals surface area contributed by atoms with Crippen molar-refractivity contribution in [3.8, 4) is 5.75 Å². The molecule has 14 heavy (non-hydrogen) atoms. The number of nitrogens with zero attached hydrogens (tertiary/aromatic N) is 1. The lowest BCUT2D eigenvalue weighted by Gasteiger charge is -2.21. The fourth-order valence-electron chi connectivity index (χ4n) is 1.12. The number of hydrogen-bond acceptors (Lipinski definition) is 2. The van der Waals surface area contributed by atoms with Crippen molar-refractivity contribution in [2.24, 2.45) is 0 Å². The Kier molecular flexibility index (Phi) is 3.78. The van der Waals surface area contributed by atoms with Gasteiger partial charge in [-0.3, -0.25) is 4.90 Å². The summed E-state index contributed by atoms with van der Waals surface area (Å²) in [4.78, 5) is 2.21. The Morgan fingerprint density at radius 3 is 2.57 bits per heavy atom. The van der Waals surface area contributed by atoms with Crippen molar-refractivity contribution in [2.75, 3.05) is 7.05 Å². The lowest BCUT2D eigenvalue weighted by atomic mass is 10.2. The Labute approximate surface area is 90.1 Å². The van der Waals surface area contributed by atoms with Gasteiger partial charge < -0.3 is 5.11 Å². The van der Waals surface area contributed by atoms with E-state index in [1.807, 2.05) is 6.07 Å². The molecule has 0 aliphatic carbocycles. The number of benzene rings is 1. The molecular formula is C11H16ClNO. The molecule has 3 heteroatoms. The summed E-state index contributed by atoms with van der Waals surface area (Å²) < 4.78 is 0. The molecular weight excluding hydrogens is 198 g/mol. The average molecular weight is 214 g/mol. The maximum absolute atomic E-state index is 9.24. The summed E-state index contributed by atoms with van der Waals surface area (Å²) in [6, 6.07) is 5.82. The molecule has 1 aromatic carbocycles. The van der Waals surface area contributed by atoms with Gasteiger partial charge in [0.2, 0.25) is 0 Å². The van der Waals surface area contributed by atoms with E-state index in [4.69, 9.17) is 11.6 Å². The van der Waals surface area contributed by atoms with Gasteiger partial charge in [-0.05, 0) is 38.6 Å². The Bertz CT molecular complexity index is 312. The van der Waals surface area contributed by atoms with Gasteiger partial charge in [0.25, 0.3) is 0 Å². The monoisotopic (exact) mass is 213 g/mol. The molecule has 0 amide bonds. The van der Waals surface area contributed by atoms with E-state index in [0.717, 1.165) is 12.1 Å². The number of phenolic OH excluding ortho intramolecular Hbond substituents is 1. The minimum absolute atomic E-state index is 0.141. The summed E-state index contributed by atoms with van der Waals surface area (Å²) in [5.41, 5.74) is 1.11. The molecule has 0 spiro atoms. The number of aromatic hydroxyl groups is 1. The highest BCUT2D eigenvalue weighted by molar-refractivity contribution is 6.32. The molecule has 1 N–H and O–H groups in total. The maximum Gasteiger partial charge on any atom is 0.134 e. The molecule has 0 saturated heterocycles. The fraction of sp³-hybridized carbons (Fsp3) is 0.455. The first-order valence-electron chi connectivity index (χ1n) is 4.68. The second-order valence-electron chi connectivity index (χ2n) is 3.79. The van der Waals surface area contributed by atoms with Crippen molar-refractivity contribution >= 4 is 11.6 Å². The van der Waals surface area contributed by atoms with Crippen LogP contribution in [-0.2, 0) is 6.54 Å². The van der Waals surface area contributed by atoms with Crippen LogP contribution in [0.1, 0.15) is 19.4 Å². The predicted octanol–water partition coefficient (Wildman–Crippen LogP) is 2.89. The van der Waals surface area contributed by atoms with Crippen molar-refractivity contribution in [1.82, 2.24) is 4.90 Å². The van der Waals surface area contributed by atoms with Crippen LogP contribution in [0.2, 0.25) is 5.02 Å². The van der Waals surface area contributed by atoms with Gasteiger partial charge in [-0.15, -0.1) is 0 Å². The first-order chi connectivity index (χ1) is 6.50. The van der Waals surface area contributed by atoms with Crippen molar-refractivity contribution < 1.29 is 5.11 Å². The fourth-order valence-corrected chi connectivity index (χ4v) is 1.32. The Morgan fingerprint density at radius 1 is 1.43 bits per heavy atom. The number of rotatable bonds is 3. The second kappa shape index (κ2) is 4.67. The molecule has 0 aromatic heterocycles. The first kappa shape index (κ1) is 11.3. The molecule has 0 atom stereocenters.